The molecule has 0 unspecified atom stereocenters. The molecule has 0 aliphatic heterocycles. The molecular formula is C14H13BrO2. The Bertz CT molecular complexity index is 523. The van der Waals surface area contributed by atoms with E-state index in [1.165, 1.54) is 0 Å². The lowest BCUT2D eigenvalue weighted by atomic mass is 10.1. The molecule has 88 valence electrons. The lowest BCUT2D eigenvalue weighted by Gasteiger charge is -2.08. The van der Waals surface area contributed by atoms with Crippen molar-refractivity contribution < 1.29 is 9.84 Å². The minimum absolute atomic E-state index is 0.278. The summed E-state index contributed by atoms with van der Waals surface area (Å²) in [6.07, 6.45) is 0.809. The molecule has 17 heavy (non-hydrogen) atoms. The number of benzene rings is 2. The number of aryl methyl sites for hydroxylation is 1. The van der Waals surface area contributed by atoms with Crippen molar-refractivity contribution in [1.29, 1.82) is 0 Å². The van der Waals surface area contributed by atoms with Crippen LogP contribution in [0.2, 0.25) is 0 Å². The Kier molecular flexibility index (Phi) is 3.69. The van der Waals surface area contributed by atoms with E-state index >= 15 is 0 Å². The first-order valence-corrected chi connectivity index (χ1v) is 6.23. The zero-order valence-corrected chi connectivity index (χ0v) is 11.1. The van der Waals surface area contributed by atoms with Gasteiger partial charge in [-0.15, -0.1) is 0 Å². The number of aromatic hydroxyl groups is 1. The molecule has 0 amide bonds. The first-order chi connectivity index (χ1) is 8.19. The van der Waals surface area contributed by atoms with Gasteiger partial charge in [-0.25, -0.2) is 0 Å². The fraction of sp³-hybridized carbons (Fsp3) is 0.143. The van der Waals surface area contributed by atoms with Crippen LogP contribution in [-0.2, 0) is 6.42 Å². The second-order valence-electron chi connectivity index (χ2n) is 3.70. The van der Waals surface area contributed by atoms with E-state index in [0.29, 0.717) is 5.75 Å². The van der Waals surface area contributed by atoms with Crippen molar-refractivity contribution in [1.82, 2.24) is 0 Å². The van der Waals surface area contributed by atoms with Gasteiger partial charge in [0.05, 0.1) is 0 Å². The summed E-state index contributed by atoms with van der Waals surface area (Å²) in [4.78, 5) is 0. The topological polar surface area (TPSA) is 29.5 Å². The van der Waals surface area contributed by atoms with Crippen LogP contribution in [0.25, 0.3) is 0 Å². The number of rotatable bonds is 3. The third-order valence-electron chi connectivity index (χ3n) is 2.47. The maximum atomic E-state index is 9.73. The lowest BCUT2D eigenvalue weighted by molar-refractivity contribution is 0.450. The maximum absolute atomic E-state index is 9.73. The van der Waals surface area contributed by atoms with Crippen LogP contribution in [0.3, 0.4) is 0 Å². The van der Waals surface area contributed by atoms with Gasteiger partial charge in [-0.1, -0.05) is 35.0 Å². The molecule has 2 aromatic carbocycles. The highest BCUT2D eigenvalue weighted by Gasteiger charge is 2.03. The van der Waals surface area contributed by atoms with E-state index < -0.39 is 0 Å². The molecule has 0 bridgehead atoms. The first-order valence-electron chi connectivity index (χ1n) is 5.44. The molecule has 0 aromatic heterocycles. The molecule has 0 spiro atoms. The molecule has 0 saturated heterocycles. The first kappa shape index (κ1) is 12.0. The average molecular weight is 293 g/mol. The van der Waals surface area contributed by atoms with Gasteiger partial charge in [-0.05, 0) is 36.2 Å². The van der Waals surface area contributed by atoms with Crippen LogP contribution in [0.1, 0.15) is 12.5 Å². The Balaban J connectivity index is 2.22. The molecule has 2 nitrogen and oxygen atoms in total. The van der Waals surface area contributed by atoms with Crippen molar-refractivity contribution >= 4 is 15.9 Å². The standard InChI is InChI=1S/C14H13BrO2/c1-2-10-6-7-13(9-14(10)16)17-12-5-3-4-11(15)8-12/h3-9,16H,2H2,1H3. The molecule has 0 aliphatic carbocycles. The maximum Gasteiger partial charge on any atom is 0.131 e. The van der Waals surface area contributed by atoms with Crippen LogP contribution in [-0.4, -0.2) is 5.11 Å². The average Bonchev–Trinajstić information content (AvgIpc) is 2.29. The van der Waals surface area contributed by atoms with Crippen LogP contribution in [0.4, 0.5) is 0 Å². The van der Waals surface area contributed by atoms with Gasteiger partial charge in [0.1, 0.15) is 17.2 Å². The highest BCUT2D eigenvalue weighted by Crippen LogP contribution is 2.28. The summed E-state index contributed by atoms with van der Waals surface area (Å²) in [5, 5.41) is 9.73. The zero-order valence-electron chi connectivity index (χ0n) is 9.48. The van der Waals surface area contributed by atoms with Gasteiger partial charge in [0.15, 0.2) is 0 Å². The van der Waals surface area contributed by atoms with Crippen molar-refractivity contribution in [2.75, 3.05) is 0 Å². The minimum Gasteiger partial charge on any atom is -0.508 e. The summed E-state index contributed by atoms with van der Waals surface area (Å²) in [6, 6.07) is 13.0. The molecule has 0 aliphatic rings. The minimum atomic E-state index is 0.278. The molecule has 0 atom stereocenters. The molecule has 1 N–H and O–H groups in total. The third kappa shape index (κ3) is 3.01. The zero-order chi connectivity index (χ0) is 12.3. The summed E-state index contributed by atoms with van der Waals surface area (Å²) < 4.78 is 6.61. The van der Waals surface area contributed by atoms with Crippen LogP contribution in [0, 0.1) is 0 Å². The van der Waals surface area contributed by atoms with E-state index in [0.717, 1.165) is 22.2 Å². The summed E-state index contributed by atoms with van der Waals surface area (Å²) in [6.45, 7) is 2.00. The Labute approximate surface area is 109 Å². The predicted molar refractivity (Wildman–Crippen MR) is 71.7 cm³/mol. The van der Waals surface area contributed by atoms with Crippen molar-refractivity contribution in [3.05, 3.63) is 52.5 Å². The van der Waals surface area contributed by atoms with Gasteiger partial charge in [0.2, 0.25) is 0 Å². The monoisotopic (exact) mass is 292 g/mol. The van der Waals surface area contributed by atoms with Crippen LogP contribution in [0.5, 0.6) is 17.2 Å². The van der Waals surface area contributed by atoms with E-state index in [1.54, 1.807) is 6.07 Å². The lowest BCUT2D eigenvalue weighted by Crippen LogP contribution is -1.86. The molecule has 0 saturated carbocycles. The van der Waals surface area contributed by atoms with E-state index in [4.69, 9.17) is 4.74 Å². The number of halogens is 1. The van der Waals surface area contributed by atoms with Gasteiger partial charge in [-0.3, -0.25) is 0 Å². The van der Waals surface area contributed by atoms with Gasteiger partial charge < -0.3 is 9.84 Å². The fourth-order valence-electron chi connectivity index (χ4n) is 1.57. The van der Waals surface area contributed by atoms with Crippen LogP contribution >= 0.6 is 15.9 Å². The normalized spacial score (nSPS) is 10.2. The molecule has 3 heteroatoms. The van der Waals surface area contributed by atoms with Crippen molar-refractivity contribution in [3.63, 3.8) is 0 Å². The Hall–Kier alpha value is -1.48. The second-order valence-corrected chi connectivity index (χ2v) is 4.62. The van der Waals surface area contributed by atoms with Gasteiger partial charge in [-0.2, -0.15) is 0 Å². The van der Waals surface area contributed by atoms with E-state index in [2.05, 4.69) is 15.9 Å². The highest BCUT2D eigenvalue weighted by molar-refractivity contribution is 9.10. The Morgan fingerprint density at radius 1 is 1.12 bits per heavy atom. The largest absolute Gasteiger partial charge is 0.508 e. The number of hydrogen-bond donors (Lipinski definition) is 1. The van der Waals surface area contributed by atoms with Crippen LogP contribution in [0.15, 0.2) is 46.9 Å². The Morgan fingerprint density at radius 2 is 1.88 bits per heavy atom. The van der Waals surface area contributed by atoms with Crippen molar-refractivity contribution in [2.24, 2.45) is 0 Å². The number of hydrogen-bond acceptors (Lipinski definition) is 2. The molecule has 0 radical (unpaired) electrons. The van der Waals surface area contributed by atoms with Gasteiger partial charge >= 0.3 is 0 Å². The van der Waals surface area contributed by atoms with Gasteiger partial charge in [0, 0.05) is 10.5 Å². The molecular weight excluding hydrogens is 280 g/mol. The van der Waals surface area contributed by atoms with Crippen LogP contribution < -0.4 is 4.74 Å². The molecule has 2 rings (SSSR count). The fourth-order valence-corrected chi connectivity index (χ4v) is 1.95. The van der Waals surface area contributed by atoms with E-state index in [-0.39, 0.29) is 5.75 Å². The second kappa shape index (κ2) is 5.23. The third-order valence-corrected chi connectivity index (χ3v) is 2.96. The van der Waals surface area contributed by atoms with Crippen molar-refractivity contribution in [3.8, 4) is 17.2 Å². The highest BCUT2D eigenvalue weighted by atomic mass is 79.9. The van der Waals surface area contributed by atoms with Gasteiger partial charge in [0.25, 0.3) is 0 Å². The smallest absolute Gasteiger partial charge is 0.131 e. The summed E-state index contributed by atoms with van der Waals surface area (Å²) in [7, 11) is 0. The van der Waals surface area contributed by atoms with E-state index in [1.807, 2.05) is 43.3 Å². The SMILES string of the molecule is CCc1ccc(Oc2cccc(Br)c2)cc1O. The number of phenols is 1. The summed E-state index contributed by atoms with van der Waals surface area (Å²) in [5.41, 5.74) is 0.923. The number of ether oxygens (including phenoxy) is 1. The molecule has 2 aromatic rings. The molecule has 0 fully saturated rings. The predicted octanol–water partition coefficient (Wildman–Crippen LogP) is 4.51. The number of phenolic OH excluding ortho intramolecular Hbond substituents is 1. The van der Waals surface area contributed by atoms with E-state index in [9.17, 15) is 5.11 Å². The quantitative estimate of drug-likeness (QED) is 0.902. The summed E-state index contributed by atoms with van der Waals surface area (Å²) >= 11 is 3.38. The summed E-state index contributed by atoms with van der Waals surface area (Å²) in [5.74, 6) is 1.65. The van der Waals surface area contributed by atoms with Crippen molar-refractivity contribution in [2.45, 2.75) is 13.3 Å². The Morgan fingerprint density at radius 3 is 2.53 bits per heavy atom. The molecule has 0 heterocycles.